The molecule has 3 heterocycles. The number of benzene rings is 3. The Kier molecular flexibility index (Phi) is 9.29. The van der Waals surface area contributed by atoms with Gasteiger partial charge in [0, 0.05) is 32.3 Å². The van der Waals surface area contributed by atoms with Crippen LogP contribution in [0.4, 0.5) is 0 Å². The van der Waals surface area contributed by atoms with Crippen LogP contribution < -0.4 is 20.6 Å². The number of carbonyl (C=O) groups is 2. The van der Waals surface area contributed by atoms with Crippen molar-refractivity contribution in [3.63, 3.8) is 0 Å². The summed E-state index contributed by atoms with van der Waals surface area (Å²) < 4.78 is 8.56. The van der Waals surface area contributed by atoms with Crippen LogP contribution in [0.1, 0.15) is 40.1 Å². The Morgan fingerprint density at radius 2 is 1.81 bits per heavy atom. The summed E-state index contributed by atoms with van der Waals surface area (Å²) in [6.07, 6.45) is 0.629. The van der Waals surface area contributed by atoms with Gasteiger partial charge in [-0.05, 0) is 79.5 Å². The zero-order valence-electron chi connectivity index (χ0n) is 26.5. The third-order valence-corrected chi connectivity index (χ3v) is 11.2. The lowest BCUT2D eigenvalue weighted by Crippen LogP contribution is -2.41. The molecule has 3 aromatic carbocycles. The number of ether oxygens (including phenoxy) is 1. The maximum Gasteiger partial charge on any atom is 0.239 e. The van der Waals surface area contributed by atoms with Crippen molar-refractivity contribution < 1.29 is 19.1 Å². The fraction of sp³-hybridized carbons (Fsp3) is 0.265. The van der Waals surface area contributed by atoms with Gasteiger partial charge < -0.3 is 20.2 Å². The smallest absolute Gasteiger partial charge is 0.239 e. The third kappa shape index (κ3) is 7.15. The molecule has 0 unspecified atom stereocenters. The maximum absolute atomic E-state index is 13.2. The van der Waals surface area contributed by atoms with Gasteiger partial charge in [0.05, 0.1) is 31.5 Å². The summed E-state index contributed by atoms with van der Waals surface area (Å²) in [6, 6.07) is 20.6. The first-order valence-corrected chi connectivity index (χ1v) is 19.4. The van der Waals surface area contributed by atoms with Crippen LogP contribution in [0.15, 0.2) is 71.7 Å². The second kappa shape index (κ2) is 13.4. The second-order valence-electron chi connectivity index (χ2n) is 11.9. The van der Waals surface area contributed by atoms with E-state index in [2.05, 4.69) is 33.0 Å². The van der Waals surface area contributed by atoms with Gasteiger partial charge in [0.25, 0.3) is 0 Å². The van der Waals surface area contributed by atoms with Crippen molar-refractivity contribution in [2.45, 2.75) is 38.9 Å². The first-order chi connectivity index (χ1) is 22.5. The number of fused-ring (bicyclic) bond motifs is 4. The molecule has 0 radical (unpaired) electrons. The van der Waals surface area contributed by atoms with Gasteiger partial charge in [-0.3, -0.25) is 19.1 Å². The Balaban J connectivity index is 1.13. The van der Waals surface area contributed by atoms with Gasteiger partial charge in [-0.15, -0.1) is 21.5 Å². The molecule has 6 rings (SSSR count). The molecule has 242 valence electrons. The molecule has 0 aliphatic carbocycles. The summed E-state index contributed by atoms with van der Waals surface area (Å²) in [7, 11) is -0.774. The van der Waals surface area contributed by atoms with Gasteiger partial charge in [0.15, 0.2) is 5.82 Å². The molecule has 2 amide bonds. The van der Waals surface area contributed by atoms with Crippen molar-refractivity contribution in [1.29, 1.82) is 0 Å². The van der Waals surface area contributed by atoms with Crippen molar-refractivity contribution in [3.05, 3.63) is 99.4 Å². The Bertz CT molecular complexity index is 2000. The van der Waals surface area contributed by atoms with Crippen LogP contribution in [-0.2, 0) is 16.0 Å². The molecule has 2 aromatic heterocycles. The normalized spacial score (nSPS) is 14.2. The summed E-state index contributed by atoms with van der Waals surface area (Å²) in [5.74, 6) is 1.23. The number of methoxy groups -OCH3 is 1. The first kappa shape index (κ1) is 32.6. The van der Waals surface area contributed by atoms with Crippen molar-refractivity contribution in [3.8, 4) is 11.4 Å². The van der Waals surface area contributed by atoms with Crippen molar-refractivity contribution in [2.75, 3.05) is 20.2 Å². The minimum atomic E-state index is -2.38. The third-order valence-electron chi connectivity index (χ3n) is 8.05. The van der Waals surface area contributed by atoms with E-state index in [9.17, 15) is 14.4 Å². The number of amides is 2. The maximum atomic E-state index is 13.2. The standard InChI is InChI=1S/C34H35ClN6O4SSi/c1-20-39-40-34-28(38-33(21-5-8-23(35)9-6-21)27-16-24(45-2)10-12-29(27)41(20)34)18-31(42)37-19-32(43)36-14-13-25-15-22-7-11-26(47(3,4)44)17-30(22)46-25/h5-12,15-17,28,44H,13-14,18-19H2,1-4H3,(H,36,43)(H,37,42)/t28-/m0/s1. The fourth-order valence-electron chi connectivity index (χ4n) is 5.58. The molecule has 0 bridgehead atoms. The molecule has 0 spiro atoms. The molecular weight excluding hydrogens is 652 g/mol. The van der Waals surface area contributed by atoms with Crippen LogP contribution in [-0.4, -0.2) is 65.6 Å². The van der Waals surface area contributed by atoms with Gasteiger partial charge >= 0.3 is 0 Å². The van der Waals surface area contributed by atoms with E-state index in [0.717, 1.165) is 37.0 Å². The minimum absolute atomic E-state index is 0.0368. The Labute approximate surface area is 282 Å². The molecule has 5 aromatic rings. The summed E-state index contributed by atoms with van der Waals surface area (Å²) in [4.78, 5) is 42.6. The van der Waals surface area contributed by atoms with E-state index in [-0.39, 0.29) is 24.8 Å². The predicted molar refractivity (Wildman–Crippen MR) is 188 cm³/mol. The van der Waals surface area contributed by atoms with E-state index in [1.807, 2.05) is 67.0 Å². The average Bonchev–Trinajstić information content (AvgIpc) is 3.60. The highest BCUT2D eigenvalue weighted by Crippen LogP contribution is 2.34. The lowest BCUT2D eigenvalue weighted by atomic mass is 10.00. The quantitative estimate of drug-likeness (QED) is 0.184. The van der Waals surface area contributed by atoms with Crippen LogP contribution in [0, 0.1) is 6.92 Å². The molecule has 0 saturated carbocycles. The number of aryl methyl sites for hydroxylation is 1. The molecule has 10 nitrogen and oxygen atoms in total. The van der Waals surface area contributed by atoms with E-state index in [4.69, 9.17) is 21.3 Å². The number of aromatic nitrogens is 3. The van der Waals surface area contributed by atoms with Crippen molar-refractivity contribution in [1.82, 2.24) is 25.4 Å². The number of hydrogen-bond donors (Lipinski definition) is 3. The monoisotopic (exact) mass is 686 g/mol. The number of aliphatic imine (C=N–C) groups is 1. The van der Waals surface area contributed by atoms with Gasteiger partial charge in [-0.1, -0.05) is 35.9 Å². The molecule has 1 aliphatic rings. The Morgan fingerprint density at radius 1 is 1.02 bits per heavy atom. The number of hydrogen-bond acceptors (Lipinski definition) is 8. The SMILES string of the molecule is COc1ccc2c(c1)C(c1ccc(Cl)cc1)=N[C@@H](CC(=O)NCC(=O)NCCc1cc3ccc([Si](C)(C)O)cc3s1)c1nnc(C)n1-2. The van der Waals surface area contributed by atoms with Gasteiger partial charge in [-0.2, -0.15) is 0 Å². The molecular formula is C34H35ClN6O4SSi. The van der Waals surface area contributed by atoms with Gasteiger partial charge in [0.1, 0.15) is 17.6 Å². The minimum Gasteiger partial charge on any atom is -0.497 e. The molecule has 13 heteroatoms. The first-order valence-electron chi connectivity index (χ1n) is 15.2. The summed E-state index contributed by atoms with van der Waals surface area (Å²) in [6.45, 7) is 5.95. The van der Waals surface area contributed by atoms with Crippen molar-refractivity contribution in [2.24, 2.45) is 4.99 Å². The molecule has 0 saturated heterocycles. The number of thiophene rings is 1. The molecule has 0 fully saturated rings. The Hall–Kier alpha value is -4.36. The second-order valence-corrected chi connectivity index (χ2v) is 17.2. The molecule has 1 aliphatic heterocycles. The summed E-state index contributed by atoms with van der Waals surface area (Å²) in [5.41, 5.74) is 3.10. The number of nitrogens with zero attached hydrogens (tertiary/aromatic N) is 4. The van der Waals surface area contributed by atoms with E-state index < -0.39 is 14.4 Å². The van der Waals surface area contributed by atoms with Crippen LogP contribution in [0.5, 0.6) is 5.75 Å². The number of halogens is 1. The molecule has 47 heavy (non-hydrogen) atoms. The van der Waals surface area contributed by atoms with E-state index >= 15 is 0 Å². The summed E-state index contributed by atoms with van der Waals surface area (Å²) in [5, 5.41) is 17.1. The molecule has 3 N–H and O–H groups in total. The lowest BCUT2D eigenvalue weighted by Gasteiger charge is -2.14. The lowest BCUT2D eigenvalue weighted by molar-refractivity contribution is -0.126. The number of rotatable bonds is 10. The largest absolute Gasteiger partial charge is 0.497 e. The van der Waals surface area contributed by atoms with Crippen LogP contribution in [0.2, 0.25) is 18.1 Å². The highest BCUT2D eigenvalue weighted by atomic mass is 35.5. The van der Waals surface area contributed by atoms with Crippen LogP contribution in [0.3, 0.4) is 0 Å². The van der Waals surface area contributed by atoms with Crippen LogP contribution in [0.25, 0.3) is 15.8 Å². The van der Waals surface area contributed by atoms with Gasteiger partial charge in [-0.25, -0.2) is 0 Å². The van der Waals surface area contributed by atoms with Crippen molar-refractivity contribution >= 4 is 64.1 Å². The fourth-order valence-corrected chi connectivity index (χ4v) is 7.90. The predicted octanol–water partition coefficient (Wildman–Crippen LogP) is 4.61. The number of nitrogens with one attached hydrogen (secondary N) is 2. The highest BCUT2D eigenvalue weighted by molar-refractivity contribution is 7.19. The van der Waals surface area contributed by atoms with Crippen LogP contribution >= 0.6 is 22.9 Å². The van der Waals surface area contributed by atoms with Gasteiger partial charge in [0.2, 0.25) is 20.1 Å². The van der Waals surface area contributed by atoms with E-state index in [1.165, 1.54) is 0 Å². The Morgan fingerprint density at radius 3 is 2.55 bits per heavy atom. The highest BCUT2D eigenvalue weighted by Gasteiger charge is 2.30. The average molecular weight is 687 g/mol. The van der Waals surface area contributed by atoms with E-state index in [1.54, 1.807) is 30.6 Å². The zero-order chi connectivity index (χ0) is 33.3. The summed E-state index contributed by atoms with van der Waals surface area (Å²) >= 11 is 7.85. The topological polar surface area (TPSA) is 131 Å². The zero-order valence-corrected chi connectivity index (χ0v) is 29.1. The number of carbonyl (C=O) groups excluding carboxylic acids is 2. The molecule has 1 atom stereocenters. The van der Waals surface area contributed by atoms with E-state index in [0.29, 0.717) is 41.1 Å².